The molecule has 4 heterocycles. The summed E-state index contributed by atoms with van der Waals surface area (Å²) in [7, 11) is -0.651. The van der Waals surface area contributed by atoms with Gasteiger partial charge in [-0.05, 0) is 62.1 Å². The number of halogens is 1. The van der Waals surface area contributed by atoms with Gasteiger partial charge in [0.15, 0.2) is 0 Å². The first-order chi connectivity index (χ1) is 22.0. The highest BCUT2D eigenvalue weighted by atomic mass is 32.2. The van der Waals surface area contributed by atoms with Crippen molar-refractivity contribution in [3.63, 3.8) is 0 Å². The molecule has 234 valence electrons. The summed E-state index contributed by atoms with van der Waals surface area (Å²) in [6.07, 6.45) is 3.84. The Bertz CT molecular complexity index is 2290. The van der Waals surface area contributed by atoms with Gasteiger partial charge in [-0.2, -0.15) is 0 Å². The second kappa shape index (κ2) is 11.1. The first-order valence-corrected chi connectivity index (χ1v) is 17.0. The Kier molecular flexibility index (Phi) is 7.20. The molecule has 6 aromatic rings. The van der Waals surface area contributed by atoms with Crippen LogP contribution in [0.5, 0.6) is 0 Å². The normalized spacial score (nSPS) is 13.2. The molecule has 46 heavy (non-hydrogen) atoms. The molecule has 0 saturated carbocycles. The highest BCUT2D eigenvalue weighted by Crippen LogP contribution is 2.42. The van der Waals surface area contributed by atoms with E-state index in [1.807, 2.05) is 55.5 Å². The topological polar surface area (TPSA) is 97.4 Å². The van der Waals surface area contributed by atoms with Crippen molar-refractivity contribution in [2.45, 2.75) is 32.7 Å². The van der Waals surface area contributed by atoms with E-state index in [9.17, 15) is 17.6 Å². The van der Waals surface area contributed by atoms with Crippen LogP contribution in [0.25, 0.3) is 55.8 Å². The van der Waals surface area contributed by atoms with Crippen molar-refractivity contribution in [1.82, 2.24) is 14.9 Å². The van der Waals surface area contributed by atoms with Crippen LogP contribution < -0.4 is 9.62 Å². The maximum absolute atomic E-state index is 14.9. The fourth-order valence-corrected chi connectivity index (χ4v) is 6.88. The number of aromatic nitrogens is 2. The molecule has 8 nitrogen and oxygen atoms in total. The number of carbonyl (C=O) groups excluding carboxylic acids is 1. The molecule has 1 amide bonds. The Hall–Kier alpha value is -4.96. The lowest BCUT2D eigenvalue weighted by atomic mass is 9.98. The molecule has 0 aliphatic carbocycles. The molecule has 0 saturated heterocycles. The minimum atomic E-state index is -3.70. The van der Waals surface area contributed by atoms with Crippen LogP contribution in [0.2, 0.25) is 0 Å². The molecule has 0 unspecified atom stereocenters. The molecule has 10 heteroatoms. The summed E-state index contributed by atoms with van der Waals surface area (Å²) in [5, 5.41) is 3.79. The quantitative estimate of drug-likeness (QED) is 0.214. The number of hydrogen-bond donors (Lipinski definition) is 1. The van der Waals surface area contributed by atoms with Crippen molar-refractivity contribution in [3.8, 4) is 34.0 Å². The molecular weight excluding hydrogens is 603 g/mol. The van der Waals surface area contributed by atoms with Crippen molar-refractivity contribution < 1.29 is 22.0 Å². The summed E-state index contributed by atoms with van der Waals surface area (Å²) >= 11 is 0. The zero-order chi connectivity index (χ0) is 32.3. The molecule has 0 bridgehead atoms. The predicted molar refractivity (Wildman–Crippen MR) is 180 cm³/mol. The lowest BCUT2D eigenvalue weighted by molar-refractivity contribution is 0.0964. The van der Waals surface area contributed by atoms with Crippen LogP contribution in [0.4, 0.5) is 10.1 Å². The first kappa shape index (κ1) is 29.7. The number of nitrogens with one attached hydrogen (secondary N) is 1. The molecule has 1 aliphatic rings. The standard InChI is InChI=1S/C36H33FN4O4S/c1-21-11-13-23(14-12-21)35-33(36(42)38-2)26-18-25(30(20-32(26)45-35)40(3)46(4,43)44)28-16-15-22-8-5-6-17-41-29-10-7-9-27(37)24(29)19-31(41)34(22)39-28/h7,9-16,18-20H,5-6,8,17H2,1-4H3,(H,38,42). The predicted octanol–water partition coefficient (Wildman–Crippen LogP) is 7.32. The van der Waals surface area contributed by atoms with Crippen LogP contribution in [-0.4, -0.2) is 44.2 Å². The molecule has 0 atom stereocenters. The first-order valence-electron chi connectivity index (χ1n) is 15.2. The van der Waals surface area contributed by atoms with Gasteiger partial charge in [0.1, 0.15) is 17.2 Å². The number of carbonyl (C=O) groups is 1. The molecule has 7 rings (SSSR count). The molecule has 0 radical (unpaired) electrons. The Labute approximate surface area is 266 Å². The van der Waals surface area contributed by atoms with Gasteiger partial charge in [-0.25, -0.2) is 17.8 Å². The molecule has 0 spiro atoms. The van der Waals surface area contributed by atoms with E-state index < -0.39 is 10.0 Å². The number of aryl methyl sites for hydroxylation is 3. The third-order valence-corrected chi connectivity index (χ3v) is 10.1. The van der Waals surface area contributed by atoms with E-state index in [2.05, 4.69) is 9.88 Å². The molecule has 3 aromatic heterocycles. The number of nitrogens with zero attached hydrogens (tertiary/aromatic N) is 3. The zero-order valence-corrected chi connectivity index (χ0v) is 26.8. The largest absolute Gasteiger partial charge is 0.455 e. The van der Waals surface area contributed by atoms with E-state index >= 15 is 0 Å². The Morgan fingerprint density at radius 2 is 1.80 bits per heavy atom. The second-order valence-corrected chi connectivity index (χ2v) is 13.9. The van der Waals surface area contributed by atoms with Crippen LogP contribution >= 0.6 is 0 Å². The third kappa shape index (κ3) is 4.93. The fourth-order valence-electron chi connectivity index (χ4n) is 6.37. The number of pyridine rings is 1. The van der Waals surface area contributed by atoms with E-state index in [1.165, 1.54) is 17.4 Å². The van der Waals surface area contributed by atoms with Gasteiger partial charge in [-0.1, -0.05) is 42.0 Å². The number of sulfonamides is 1. The van der Waals surface area contributed by atoms with Crippen LogP contribution in [-0.2, 0) is 23.0 Å². The van der Waals surface area contributed by atoms with Gasteiger partial charge in [0.25, 0.3) is 5.91 Å². The molecule has 0 fully saturated rings. The highest BCUT2D eigenvalue weighted by molar-refractivity contribution is 7.92. The summed E-state index contributed by atoms with van der Waals surface area (Å²) < 4.78 is 50.4. The van der Waals surface area contributed by atoms with E-state index in [1.54, 1.807) is 25.2 Å². The van der Waals surface area contributed by atoms with E-state index in [4.69, 9.17) is 9.40 Å². The number of amides is 1. The number of fused-ring (bicyclic) bond motifs is 6. The highest BCUT2D eigenvalue weighted by Gasteiger charge is 2.27. The number of anilines is 1. The number of furan rings is 1. The monoisotopic (exact) mass is 636 g/mol. The SMILES string of the molecule is CNC(=O)c1c(-c2ccc(C)cc2)oc2cc(N(C)S(C)(=O)=O)c(-c3ccc4c(n3)-c3cc5c(F)cccc5n3CCCC4)cc12. The van der Waals surface area contributed by atoms with Gasteiger partial charge in [0.2, 0.25) is 10.0 Å². The smallest absolute Gasteiger partial charge is 0.255 e. The van der Waals surface area contributed by atoms with Crippen LogP contribution in [0, 0.1) is 12.7 Å². The lowest BCUT2D eigenvalue weighted by Crippen LogP contribution is -2.25. The molecular formula is C36H33FN4O4S. The van der Waals surface area contributed by atoms with Crippen LogP contribution in [0.1, 0.15) is 34.3 Å². The van der Waals surface area contributed by atoms with Crippen molar-refractivity contribution >= 4 is 43.5 Å². The summed E-state index contributed by atoms with van der Waals surface area (Å²) in [5.74, 6) is -0.234. The van der Waals surface area contributed by atoms with Gasteiger partial charge in [0.05, 0.1) is 40.1 Å². The van der Waals surface area contributed by atoms with Gasteiger partial charge in [0, 0.05) is 48.6 Å². The summed E-state index contributed by atoms with van der Waals surface area (Å²) in [6.45, 7) is 2.71. The molecule has 3 aromatic carbocycles. The van der Waals surface area contributed by atoms with Crippen molar-refractivity contribution in [2.24, 2.45) is 0 Å². The zero-order valence-electron chi connectivity index (χ0n) is 26.0. The minimum absolute atomic E-state index is 0.289. The maximum Gasteiger partial charge on any atom is 0.255 e. The van der Waals surface area contributed by atoms with Crippen molar-refractivity contribution in [2.75, 3.05) is 24.7 Å². The van der Waals surface area contributed by atoms with Gasteiger partial charge < -0.3 is 14.3 Å². The van der Waals surface area contributed by atoms with Crippen LogP contribution in [0.3, 0.4) is 0 Å². The van der Waals surface area contributed by atoms with Crippen molar-refractivity contribution in [3.05, 3.63) is 95.3 Å². The average Bonchev–Trinajstić information content (AvgIpc) is 3.59. The second-order valence-electron chi connectivity index (χ2n) is 11.9. The molecule has 1 aliphatic heterocycles. The third-order valence-electron chi connectivity index (χ3n) is 8.88. The number of benzene rings is 3. The Morgan fingerprint density at radius 1 is 1.02 bits per heavy atom. The van der Waals surface area contributed by atoms with Gasteiger partial charge in [-0.15, -0.1) is 0 Å². The van der Waals surface area contributed by atoms with Crippen LogP contribution in [0.15, 0.2) is 77.2 Å². The lowest BCUT2D eigenvalue weighted by Gasteiger charge is -2.22. The molecule has 1 N–H and O–H groups in total. The Balaban J connectivity index is 1.51. The Morgan fingerprint density at radius 3 is 2.54 bits per heavy atom. The van der Waals surface area contributed by atoms with Crippen molar-refractivity contribution in [1.29, 1.82) is 0 Å². The summed E-state index contributed by atoms with van der Waals surface area (Å²) in [6, 6.07) is 22.0. The van der Waals surface area contributed by atoms with Gasteiger partial charge in [-0.3, -0.25) is 9.10 Å². The summed E-state index contributed by atoms with van der Waals surface area (Å²) in [5.41, 5.74) is 7.26. The average molecular weight is 637 g/mol. The fraction of sp³-hybridized carbons (Fsp3) is 0.222. The van der Waals surface area contributed by atoms with E-state index in [0.29, 0.717) is 44.6 Å². The van der Waals surface area contributed by atoms with E-state index in [-0.39, 0.29) is 11.7 Å². The number of rotatable bonds is 5. The maximum atomic E-state index is 14.9. The summed E-state index contributed by atoms with van der Waals surface area (Å²) in [4.78, 5) is 18.5. The minimum Gasteiger partial charge on any atom is -0.455 e. The van der Waals surface area contributed by atoms with Gasteiger partial charge >= 0.3 is 0 Å². The van der Waals surface area contributed by atoms with E-state index in [0.717, 1.165) is 65.7 Å². The number of hydrogen-bond acceptors (Lipinski definition) is 5.